The van der Waals surface area contributed by atoms with Gasteiger partial charge in [-0.05, 0) is 30.5 Å². The van der Waals surface area contributed by atoms with Gasteiger partial charge in [0.1, 0.15) is 17.7 Å². The number of halogens is 3. The Morgan fingerprint density at radius 2 is 1.81 bits per heavy atom. The van der Waals surface area contributed by atoms with Crippen LogP contribution in [0.25, 0.3) is 0 Å². The van der Waals surface area contributed by atoms with Crippen molar-refractivity contribution in [3.8, 4) is 0 Å². The van der Waals surface area contributed by atoms with Crippen LogP contribution < -0.4 is 5.69 Å². The molecular formula is C18H19F3N4O2. The predicted molar refractivity (Wildman–Crippen MR) is 90.3 cm³/mol. The Hall–Kier alpha value is -2.58. The van der Waals surface area contributed by atoms with Crippen molar-refractivity contribution >= 4 is 5.91 Å². The molecule has 0 saturated carbocycles. The lowest BCUT2D eigenvalue weighted by molar-refractivity contribution is -0.134. The molecule has 0 radical (unpaired) electrons. The molecule has 4 rings (SSSR count). The molecule has 1 saturated heterocycles. The molecule has 1 aromatic carbocycles. The summed E-state index contributed by atoms with van der Waals surface area (Å²) in [5.74, 6) is -0.328. The average molecular weight is 380 g/mol. The SMILES string of the molecule is O=C(C1CCCc2nn(Cc3ccc(F)cc3)c(=O)n21)N1CC(F)C(F)C1. The highest BCUT2D eigenvalue weighted by Gasteiger charge is 2.40. The number of aromatic nitrogens is 3. The van der Waals surface area contributed by atoms with Crippen molar-refractivity contribution in [2.75, 3.05) is 13.1 Å². The van der Waals surface area contributed by atoms with E-state index in [0.717, 1.165) is 4.90 Å². The van der Waals surface area contributed by atoms with Crippen molar-refractivity contribution in [3.05, 3.63) is 52.0 Å². The Bertz CT molecular complexity index is 898. The van der Waals surface area contributed by atoms with Crippen LogP contribution in [0.2, 0.25) is 0 Å². The van der Waals surface area contributed by atoms with Crippen LogP contribution in [-0.4, -0.2) is 50.6 Å². The van der Waals surface area contributed by atoms with Gasteiger partial charge in [0.05, 0.1) is 19.6 Å². The van der Waals surface area contributed by atoms with E-state index in [-0.39, 0.29) is 25.5 Å². The Morgan fingerprint density at radius 1 is 1.15 bits per heavy atom. The smallest absolute Gasteiger partial charge is 0.335 e. The van der Waals surface area contributed by atoms with Crippen LogP contribution in [0.3, 0.4) is 0 Å². The fraction of sp³-hybridized carbons (Fsp3) is 0.500. The molecule has 0 bridgehead atoms. The Labute approximate surface area is 153 Å². The van der Waals surface area contributed by atoms with Gasteiger partial charge in [-0.3, -0.25) is 9.36 Å². The molecule has 27 heavy (non-hydrogen) atoms. The molecule has 1 fully saturated rings. The maximum absolute atomic E-state index is 13.5. The molecule has 0 N–H and O–H groups in total. The number of nitrogens with zero attached hydrogens (tertiary/aromatic N) is 4. The van der Waals surface area contributed by atoms with E-state index >= 15 is 0 Å². The summed E-state index contributed by atoms with van der Waals surface area (Å²) >= 11 is 0. The van der Waals surface area contributed by atoms with E-state index in [2.05, 4.69) is 5.10 Å². The standard InChI is InChI=1S/C18H19F3N4O2/c19-12-6-4-11(5-7-12)8-24-18(27)25-15(2-1-3-16(25)22-24)17(26)23-9-13(20)14(21)10-23/h4-7,13-15H,1-3,8-10H2. The Morgan fingerprint density at radius 3 is 2.48 bits per heavy atom. The molecule has 1 aromatic heterocycles. The molecule has 9 heteroatoms. The fourth-order valence-corrected chi connectivity index (χ4v) is 3.75. The normalized spacial score (nSPS) is 24.9. The van der Waals surface area contributed by atoms with Crippen LogP contribution in [0.5, 0.6) is 0 Å². The first kappa shape index (κ1) is 17.8. The van der Waals surface area contributed by atoms with Gasteiger partial charge in [-0.1, -0.05) is 12.1 Å². The van der Waals surface area contributed by atoms with Crippen LogP contribution in [0, 0.1) is 5.82 Å². The zero-order valence-corrected chi connectivity index (χ0v) is 14.5. The molecule has 3 atom stereocenters. The molecule has 2 aliphatic heterocycles. The topological polar surface area (TPSA) is 60.1 Å². The highest BCUT2D eigenvalue weighted by Crippen LogP contribution is 2.27. The van der Waals surface area contributed by atoms with E-state index in [4.69, 9.17) is 0 Å². The minimum absolute atomic E-state index is 0.156. The Balaban J connectivity index is 1.61. The van der Waals surface area contributed by atoms with Crippen molar-refractivity contribution in [2.24, 2.45) is 0 Å². The number of benzene rings is 1. The van der Waals surface area contributed by atoms with E-state index in [0.29, 0.717) is 30.7 Å². The second-order valence-electron chi connectivity index (χ2n) is 7.04. The monoisotopic (exact) mass is 380 g/mol. The van der Waals surface area contributed by atoms with Gasteiger partial charge in [0.25, 0.3) is 0 Å². The van der Waals surface area contributed by atoms with Gasteiger partial charge < -0.3 is 4.90 Å². The molecule has 3 heterocycles. The fourth-order valence-electron chi connectivity index (χ4n) is 3.75. The average Bonchev–Trinajstić information content (AvgIpc) is 3.16. The molecule has 0 spiro atoms. The zero-order chi connectivity index (χ0) is 19.1. The van der Waals surface area contributed by atoms with E-state index in [1.165, 1.54) is 21.4 Å². The van der Waals surface area contributed by atoms with E-state index < -0.39 is 30.0 Å². The lowest BCUT2D eigenvalue weighted by atomic mass is 10.0. The van der Waals surface area contributed by atoms with Crippen molar-refractivity contribution in [2.45, 2.75) is 44.2 Å². The van der Waals surface area contributed by atoms with Crippen molar-refractivity contribution in [1.29, 1.82) is 0 Å². The quantitative estimate of drug-likeness (QED) is 0.813. The summed E-state index contributed by atoms with van der Waals surface area (Å²) in [6.45, 7) is -0.419. The first-order valence-corrected chi connectivity index (χ1v) is 8.93. The van der Waals surface area contributed by atoms with Gasteiger partial charge >= 0.3 is 5.69 Å². The molecule has 144 valence electrons. The van der Waals surface area contributed by atoms with Gasteiger partial charge in [0.15, 0.2) is 12.3 Å². The highest BCUT2D eigenvalue weighted by molar-refractivity contribution is 5.81. The highest BCUT2D eigenvalue weighted by atomic mass is 19.2. The Kier molecular flexibility index (Phi) is 4.53. The molecule has 2 aliphatic rings. The van der Waals surface area contributed by atoms with Gasteiger partial charge in [0, 0.05) is 6.42 Å². The van der Waals surface area contributed by atoms with Gasteiger partial charge in [0.2, 0.25) is 5.91 Å². The van der Waals surface area contributed by atoms with E-state index in [1.807, 2.05) is 0 Å². The number of hydrogen-bond donors (Lipinski definition) is 0. The summed E-state index contributed by atoms with van der Waals surface area (Å²) in [6, 6.07) is 4.94. The molecule has 1 amide bonds. The summed E-state index contributed by atoms with van der Waals surface area (Å²) in [4.78, 5) is 26.7. The zero-order valence-electron chi connectivity index (χ0n) is 14.5. The van der Waals surface area contributed by atoms with Gasteiger partial charge in [-0.25, -0.2) is 22.6 Å². The van der Waals surface area contributed by atoms with Crippen LogP contribution >= 0.6 is 0 Å². The molecule has 3 unspecified atom stereocenters. The maximum atomic E-state index is 13.5. The predicted octanol–water partition coefficient (Wildman–Crippen LogP) is 1.63. The van der Waals surface area contributed by atoms with Gasteiger partial charge in [-0.15, -0.1) is 0 Å². The lowest BCUT2D eigenvalue weighted by Crippen LogP contribution is -2.42. The number of hydrogen-bond acceptors (Lipinski definition) is 3. The van der Waals surface area contributed by atoms with Crippen molar-refractivity contribution in [1.82, 2.24) is 19.2 Å². The molecule has 6 nitrogen and oxygen atoms in total. The molecule has 0 aliphatic carbocycles. The summed E-state index contributed by atoms with van der Waals surface area (Å²) in [6.07, 6.45) is -1.73. The first-order chi connectivity index (χ1) is 12.9. The third-order valence-corrected chi connectivity index (χ3v) is 5.16. The second kappa shape index (κ2) is 6.86. The number of alkyl halides is 2. The number of aryl methyl sites for hydroxylation is 1. The number of likely N-dealkylation sites (tertiary alicyclic amines) is 1. The minimum Gasteiger partial charge on any atom is -0.335 e. The second-order valence-corrected chi connectivity index (χ2v) is 7.04. The van der Waals surface area contributed by atoms with Crippen LogP contribution in [0.15, 0.2) is 29.1 Å². The maximum Gasteiger partial charge on any atom is 0.346 e. The summed E-state index contributed by atoms with van der Waals surface area (Å²) < 4.78 is 42.6. The molecule has 2 aromatic rings. The number of amides is 1. The van der Waals surface area contributed by atoms with Crippen molar-refractivity contribution < 1.29 is 18.0 Å². The summed E-state index contributed by atoms with van der Waals surface area (Å²) in [7, 11) is 0. The molecular weight excluding hydrogens is 361 g/mol. The largest absolute Gasteiger partial charge is 0.346 e. The summed E-state index contributed by atoms with van der Waals surface area (Å²) in [5.41, 5.74) is 0.261. The third-order valence-electron chi connectivity index (χ3n) is 5.16. The number of rotatable bonds is 3. The van der Waals surface area contributed by atoms with E-state index in [9.17, 15) is 22.8 Å². The minimum atomic E-state index is -1.69. The van der Waals surface area contributed by atoms with E-state index in [1.54, 1.807) is 12.1 Å². The first-order valence-electron chi connectivity index (χ1n) is 8.93. The van der Waals surface area contributed by atoms with Crippen molar-refractivity contribution in [3.63, 3.8) is 0 Å². The number of carbonyl (C=O) groups is 1. The van der Waals surface area contributed by atoms with Crippen LogP contribution in [0.1, 0.15) is 30.3 Å². The van der Waals surface area contributed by atoms with Crippen LogP contribution in [-0.2, 0) is 17.8 Å². The summed E-state index contributed by atoms with van der Waals surface area (Å²) in [5, 5.41) is 4.31. The van der Waals surface area contributed by atoms with Gasteiger partial charge in [-0.2, -0.15) is 5.10 Å². The lowest BCUT2D eigenvalue weighted by Gasteiger charge is -2.26. The third kappa shape index (κ3) is 3.26. The number of carbonyl (C=O) groups excluding carboxylic acids is 1. The number of fused-ring (bicyclic) bond motifs is 1. The van der Waals surface area contributed by atoms with Crippen LogP contribution in [0.4, 0.5) is 13.2 Å².